The maximum atomic E-state index is 11.9. The Bertz CT molecular complexity index is 602. The number of phenolic OH excluding ortho intramolecular Hbond substituents is 1. The summed E-state index contributed by atoms with van der Waals surface area (Å²) in [4.78, 5) is 11.9. The van der Waals surface area contributed by atoms with Crippen LogP contribution in [-0.4, -0.2) is 24.2 Å². The van der Waals surface area contributed by atoms with E-state index in [9.17, 15) is 9.90 Å². The van der Waals surface area contributed by atoms with E-state index in [2.05, 4.69) is 21.2 Å². The second kappa shape index (κ2) is 7.69. The summed E-state index contributed by atoms with van der Waals surface area (Å²) in [5.41, 5.74) is 0.430. The zero-order chi connectivity index (χ0) is 15.1. The molecule has 0 radical (unpaired) electrons. The fourth-order valence-corrected chi connectivity index (χ4v) is 1.98. The number of benzene rings is 2. The highest BCUT2D eigenvalue weighted by molar-refractivity contribution is 9.10. The highest BCUT2D eigenvalue weighted by Crippen LogP contribution is 2.24. The molecule has 0 saturated carbocycles. The second-order valence-corrected chi connectivity index (χ2v) is 5.29. The third-order valence-electron chi connectivity index (χ3n) is 2.83. The van der Waals surface area contributed by atoms with Gasteiger partial charge in [0.25, 0.3) is 5.91 Å². The molecule has 2 aromatic carbocycles. The Hall–Kier alpha value is -2.01. The number of carbonyl (C=O) groups excluding carboxylic acids is 1. The molecule has 0 aliphatic rings. The summed E-state index contributed by atoms with van der Waals surface area (Å²) in [5.74, 6) is 0.661. The van der Waals surface area contributed by atoms with Crippen molar-refractivity contribution in [1.29, 1.82) is 0 Å². The van der Waals surface area contributed by atoms with Crippen LogP contribution in [0, 0.1) is 0 Å². The molecular weight excluding hydrogens is 334 g/mol. The molecule has 0 aromatic heterocycles. The van der Waals surface area contributed by atoms with Crippen molar-refractivity contribution in [2.75, 3.05) is 13.2 Å². The number of phenols is 1. The number of hydrogen-bond donors (Lipinski definition) is 2. The van der Waals surface area contributed by atoms with Gasteiger partial charge in [-0.1, -0.05) is 18.2 Å². The Morgan fingerprint density at radius 3 is 2.67 bits per heavy atom. The van der Waals surface area contributed by atoms with E-state index in [1.807, 2.05) is 30.3 Å². The number of nitrogens with one attached hydrogen (secondary N) is 1. The van der Waals surface area contributed by atoms with Gasteiger partial charge in [0.05, 0.1) is 11.1 Å². The van der Waals surface area contributed by atoms with E-state index in [1.54, 1.807) is 12.1 Å². The largest absolute Gasteiger partial charge is 0.507 e. The second-order valence-electron chi connectivity index (χ2n) is 4.44. The molecule has 0 bridgehead atoms. The van der Waals surface area contributed by atoms with Crippen molar-refractivity contribution in [2.24, 2.45) is 0 Å². The third-order valence-corrected chi connectivity index (χ3v) is 3.50. The number of amides is 1. The van der Waals surface area contributed by atoms with Gasteiger partial charge in [-0.3, -0.25) is 4.79 Å². The molecule has 4 nitrogen and oxygen atoms in total. The van der Waals surface area contributed by atoms with Crippen molar-refractivity contribution < 1.29 is 14.6 Å². The average Bonchev–Trinajstić information content (AvgIpc) is 2.50. The minimum Gasteiger partial charge on any atom is -0.507 e. The van der Waals surface area contributed by atoms with E-state index < -0.39 is 0 Å². The van der Waals surface area contributed by atoms with Crippen molar-refractivity contribution in [1.82, 2.24) is 5.32 Å². The van der Waals surface area contributed by atoms with Crippen LogP contribution in [0.1, 0.15) is 16.8 Å². The van der Waals surface area contributed by atoms with Gasteiger partial charge in [0.2, 0.25) is 0 Å². The van der Waals surface area contributed by atoms with Gasteiger partial charge in [-0.25, -0.2) is 0 Å². The fraction of sp³-hybridized carbons (Fsp3) is 0.188. The zero-order valence-corrected chi connectivity index (χ0v) is 13.0. The summed E-state index contributed by atoms with van der Waals surface area (Å²) >= 11 is 3.18. The lowest BCUT2D eigenvalue weighted by atomic mass is 10.2. The number of hydrogen-bond acceptors (Lipinski definition) is 3. The van der Waals surface area contributed by atoms with Crippen LogP contribution < -0.4 is 10.1 Å². The van der Waals surface area contributed by atoms with Gasteiger partial charge >= 0.3 is 0 Å². The fourth-order valence-electron chi connectivity index (χ4n) is 1.74. The zero-order valence-electron chi connectivity index (χ0n) is 11.4. The minimum absolute atomic E-state index is 0.0510. The Labute approximate surface area is 131 Å². The number of aromatic hydroxyl groups is 1. The Morgan fingerprint density at radius 1 is 1.19 bits per heavy atom. The third kappa shape index (κ3) is 4.79. The number of carbonyl (C=O) groups is 1. The normalized spacial score (nSPS) is 10.1. The van der Waals surface area contributed by atoms with Gasteiger partial charge in [-0.2, -0.15) is 0 Å². The topological polar surface area (TPSA) is 58.6 Å². The van der Waals surface area contributed by atoms with Crippen LogP contribution >= 0.6 is 15.9 Å². The van der Waals surface area contributed by atoms with Crippen LogP contribution in [0.2, 0.25) is 0 Å². The Balaban J connectivity index is 1.71. The van der Waals surface area contributed by atoms with Crippen LogP contribution in [0.4, 0.5) is 0 Å². The molecule has 5 heteroatoms. The predicted octanol–water partition coefficient (Wildman–Crippen LogP) is 3.35. The molecule has 2 aromatic rings. The van der Waals surface area contributed by atoms with E-state index >= 15 is 0 Å². The van der Waals surface area contributed by atoms with Crippen molar-refractivity contribution in [3.8, 4) is 11.5 Å². The molecular formula is C16H16BrNO3. The Morgan fingerprint density at radius 2 is 1.95 bits per heavy atom. The summed E-state index contributed by atoms with van der Waals surface area (Å²) in [6, 6.07) is 14.3. The minimum atomic E-state index is -0.211. The summed E-state index contributed by atoms with van der Waals surface area (Å²) in [6.45, 7) is 1.05. The lowest BCUT2D eigenvalue weighted by Gasteiger charge is -2.08. The predicted molar refractivity (Wildman–Crippen MR) is 84.7 cm³/mol. The molecule has 0 aliphatic carbocycles. The Kier molecular flexibility index (Phi) is 5.63. The van der Waals surface area contributed by atoms with Gasteiger partial charge in [-0.15, -0.1) is 0 Å². The van der Waals surface area contributed by atoms with E-state index in [1.165, 1.54) is 6.07 Å². The summed E-state index contributed by atoms with van der Waals surface area (Å²) in [7, 11) is 0. The number of para-hydroxylation sites is 1. The molecule has 2 rings (SSSR count). The quantitative estimate of drug-likeness (QED) is 0.786. The van der Waals surface area contributed by atoms with Gasteiger partial charge in [0, 0.05) is 12.1 Å². The van der Waals surface area contributed by atoms with Gasteiger partial charge in [0.1, 0.15) is 11.5 Å². The van der Waals surface area contributed by atoms with E-state index in [0.717, 1.165) is 5.75 Å². The van der Waals surface area contributed by atoms with Crippen LogP contribution in [0.25, 0.3) is 0 Å². The molecule has 0 fully saturated rings. The van der Waals surface area contributed by atoms with Gasteiger partial charge < -0.3 is 15.2 Å². The molecule has 0 spiro atoms. The summed E-state index contributed by atoms with van der Waals surface area (Å²) < 4.78 is 6.10. The van der Waals surface area contributed by atoms with Crippen molar-refractivity contribution in [3.05, 3.63) is 58.6 Å². The molecule has 0 aliphatic heterocycles. The van der Waals surface area contributed by atoms with E-state index in [0.29, 0.717) is 29.6 Å². The van der Waals surface area contributed by atoms with Crippen molar-refractivity contribution in [2.45, 2.75) is 6.42 Å². The average molecular weight is 350 g/mol. The lowest BCUT2D eigenvalue weighted by molar-refractivity contribution is 0.0951. The molecule has 1 amide bonds. The molecule has 0 saturated heterocycles. The highest BCUT2D eigenvalue weighted by atomic mass is 79.9. The molecule has 0 atom stereocenters. The monoisotopic (exact) mass is 349 g/mol. The molecule has 0 heterocycles. The standard InChI is InChI=1S/C16H16BrNO3/c17-14-8-7-12(11-15(14)19)16(20)18-9-4-10-21-13-5-2-1-3-6-13/h1-3,5-8,11,19H,4,9-10H2,(H,18,20). The van der Waals surface area contributed by atoms with Gasteiger partial charge in [-0.05, 0) is 52.7 Å². The number of rotatable bonds is 6. The van der Waals surface area contributed by atoms with Crippen LogP contribution in [0.15, 0.2) is 53.0 Å². The first-order valence-electron chi connectivity index (χ1n) is 6.61. The lowest BCUT2D eigenvalue weighted by Crippen LogP contribution is -2.25. The highest BCUT2D eigenvalue weighted by Gasteiger charge is 2.07. The SMILES string of the molecule is O=C(NCCCOc1ccccc1)c1ccc(Br)c(O)c1. The van der Waals surface area contributed by atoms with E-state index in [-0.39, 0.29) is 11.7 Å². The first kappa shape index (κ1) is 15.4. The van der Waals surface area contributed by atoms with Crippen LogP contribution in [-0.2, 0) is 0 Å². The number of ether oxygens (including phenoxy) is 1. The van der Waals surface area contributed by atoms with Crippen LogP contribution in [0.3, 0.4) is 0 Å². The summed E-state index contributed by atoms with van der Waals surface area (Å²) in [6.07, 6.45) is 0.711. The van der Waals surface area contributed by atoms with Crippen molar-refractivity contribution in [3.63, 3.8) is 0 Å². The smallest absolute Gasteiger partial charge is 0.251 e. The molecule has 2 N–H and O–H groups in total. The number of halogens is 1. The van der Waals surface area contributed by atoms with Crippen molar-refractivity contribution >= 4 is 21.8 Å². The maximum absolute atomic E-state index is 11.9. The molecule has 110 valence electrons. The first-order chi connectivity index (χ1) is 10.2. The first-order valence-corrected chi connectivity index (χ1v) is 7.40. The maximum Gasteiger partial charge on any atom is 0.251 e. The molecule has 21 heavy (non-hydrogen) atoms. The van der Waals surface area contributed by atoms with Crippen LogP contribution in [0.5, 0.6) is 11.5 Å². The molecule has 0 unspecified atom stereocenters. The summed E-state index contributed by atoms with van der Waals surface area (Å²) in [5, 5.41) is 12.3. The van der Waals surface area contributed by atoms with Gasteiger partial charge in [0.15, 0.2) is 0 Å². The van der Waals surface area contributed by atoms with E-state index in [4.69, 9.17) is 4.74 Å².